The molecule has 0 heterocycles. The summed E-state index contributed by atoms with van der Waals surface area (Å²) in [6, 6.07) is 1.10. The van der Waals surface area contributed by atoms with Crippen LogP contribution in [-0.4, -0.2) is 42.1 Å². The lowest BCUT2D eigenvalue weighted by Gasteiger charge is -2.24. The summed E-state index contributed by atoms with van der Waals surface area (Å²) in [6.07, 6.45) is 0.498. The summed E-state index contributed by atoms with van der Waals surface area (Å²) < 4.78 is 23.9. The molecule has 0 aromatic rings. The number of hydrogen-bond acceptors (Lipinski definition) is 4. The minimum atomic E-state index is -3.79. The summed E-state index contributed by atoms with van der Waals surface area (Å²) in [5.41, 5.74) is 0. The Bertz CT molecular complexity index is 357. The van der Waals surface area contributed by atoms with Gasteiger partial charge < -0.3 is 5.11 Å². The van der Waals surface area contributed by atoms with Crippen LogP contribution in [0.3, 0.4) is 0 Å². The number of rotatable bonds is 6. The van der Waals surface area contributed by atoms with Gasteiger partial charge in [0.25, 0.3) is 0 Å². The molecule has 0 saturated heterocycles. The van der Waals surface area contributed by atoms with Crippen molar-refractivity contribution in [3.8, 4) is 6.07 Å². The first kappa shape index (κ1) is 13.9. The summed E-state index contributed by atoms with van der Waals surface area (Å²) in [5, 5.41) is 16.9. The van der Waals surface area contributed by atoms with Gasteiger partial charge >= 0.3 is 5.97 Å². The first-order chi connectivity index (χ1) is 6.85. The van der Waals surface area contributed by atoms with Gasteiger partial charge in [0, 0.05) is 6.04 Å². The fourth-order valence-electron chi connectivity index (χ4n) is 1.03. The molecule has 0 bridgehead atoms. The second-order valence-electron chi connectivity index (χ2n) is 3.11. The third-order valence-corrected chi connectivity index (χ3v) is 3.68. The van der Waals surface area contributed by atoms with Gasteiger partial charge in [-0.25, -0.2) is 8.42 Å². The van der Waals surface area contributed by atoms with Crippen LogP contribution < -0.4 is 0 Å². The average molecular weight is 234 g/mol. The molecule has 0 aromatic carbocycles. The third kappa shape index (κ3) is 4.27. The highest BCUT2D eigenvalue weighted by Crippen LogP contribution is 2.10. The Labute approximate surface area is 89.2 Å². The molecule has 0 fully saturated rings. The number of aliphatic carboxylic acids is 1. The van der Waals surface area contributed by atoms with Crippen LogP contribution in [0.1, 0.15) is 20.3 Å². The summed E-state index contributed by atoms with van der Waals surface area (Å²) >= 11 is 0. The molecule has 0 amide bonds. The number of sulfonamides is 1. The van der Waals surface area contributed by atoms with E-state index in [1.54, 1.807) is 13.8 Å². The van der Waals surface area contributed by atoms with Gasteiger partial charge in [-0.2, -0.15) is 9.57 Å². The zero-order valence-corrected chi connectivity index (χ0v) is 9.49. The van der Waals surface area contributed by atoms with E-state index in [-0.39, 0.29) is 0 Å². The van der Waals surface area contributed by atoms with Crippen molar-refractivity contribution in [3.05, 3.63) is 0 Å². The van der Waals surface area contributed by atoms with Crippen molar-refractivity contribution in [2.24, 2.45) is 0 Å². The fourth-order valence-corrected chi connectivity index (χ4v) is 2.36. The van der Waals surface area contributed by atoms with E-state index in [9.17, 15) is 13.2 Å². The molecule has 0 spiro atoms. The fraction of sp³-hybridized carbons (Fsp3) is 0.750. The molecule has 1 N–H and O–H groups in total. The molecule has 15 heavy (non-hydrogen) atoms. The van der Waals surface area contributed by atoms with Crippen molar-refractivity contribution in [2.45, 2.75) is 26.3 Å². The van der Waals surface area contributed by atoms with E-state index in [0.717, 1.165) is 4.31 Å². The number of nitrogens with zero attached hydrogens (tertiary/aromatic N) is 2. The second-order valence-corrected chi connectivity index (χ2v) is 5.03. The lowest BCUT2D eigenvalue weighted by atomic mass is 10.2. The Hall–Kier alpha value is -1.13. The van der Waals surface area contributed by atoms with Crippen LogP contribution in [0.25, 0.3) is 0 Å². The Morgan fingerprint density at radius 3 is 2.47 bits per heavy atom. The monoisotopic (exact) mass is 234 g/mol. The van der Waals surface area contributed by atoms with Crippen LogP contribution in [0.2, 0.25) is 0 Å². The van der Waals surface area contributed by atoms with Gasteiger partial charge in [0.15, 0.2) is 5.75 Å². The minimum Gasteiger partial charge on any atom is -0.480 e. The van der Waals surface area contributed by atoms with Gasteiger partial charge in [-0.1, -0.05) is 6.92 Å². The Morgan fingerprint density at radius 1 is 1.60 bits per heavy atom. The van der Waals surface area contributed by atoms with E-state index in [1.165, 1.54) is 6.07 Å². The van der Waals surface area contributed by atoms with Gasteiger partial charge in [-0.3, -0.25) is 4.79 Å². The maximum atomic E-state index is 11.5. The SMILES string of the molecule is CCC(C)N(CC(=O)O)S(=O)(=O)CC#N. The smallest absolute Gasteiger partial charge is 0.318 e. The van der Waals surface area contributed by atoms with Crippen LogP contribution in [0, 0.1) is 11.3 Å². The molecule has 0 aliphatic carbocycles. The molecule has 0 aromatic heterocycles. The molecule has 0 saturated carbocycles. The number of carboxylic acids is 1. The normalized spacial score (nSPS) is 13.5. The summed E-state index contributed by atoms with van der Waals surface area (Å²) in [6.45, 7) is 2.76. The van der Waals surface area contributed by atoms with E-state index in [4.69, 9.17) is 10.4 Å². The van der Waals surface area contributed by atoms with Gasteiger partial charge in [0.1, 0.15) is 6.54 Å². The van der Waals surface area contributed by atoms with E-state index in [2.05, 4.69) is 0 Å². The lowest BCUT2D eigenvalue weighted by molar-refractivity contribution is -0.137. The topological polar surface area (TPSA) is 98.5 Å². The van der Waals surface area contributed by atoms with Crippen molar-refractivity contribution in [2.75, 3.05) is 12.3 Å². The van der Waals surface area contributed by atoms with E-state index < -0.39 is 34.3 Å². The maximum absolute atomic E-state index is 11.5. The summed E-state index contributed by atoms with van der Waals surface area (Å²) in [4.78, 5) is 10.5. The predicted molar refractivity (Wildman–Crippen MR) is 53.5 cm³/mol. The molecule has 0 rings (SSSR count). The third-order valence-electron chi connectivity index (χ3n) is 1.98. The minimum absolute atomic E-state index is 0.417. The number of carboxylic acid groups (broad SMARTS) is 1. The zero-order valence-electron chi connectivity index (χ0n) is 8.67. The van der Waals surface area contributed by atoms with Gasteiger partial charge in [-0.05, 0) is 13.3 Å². The number of hydrogen-bond donors (Lipinski definition) is 1. The first-order valence-electron chi connectivity index (χ1n) is 4.43. The Morgan fingerprint density at radius 2 is 2.13 bits per heavy atom. The highest BCUT2D eigenvalue weighted by atomic mass is 32.2. The molecule has 86 valence electrons. The quantitative estimate of drug-likeness (QED) is 0.698. The molecule has 0 aliphatic rings. The van der Waals surface area contributed by atoms with Crippen LogP contribution >= 0.6 is 0 Å². The van der Waals surface area contributed by atoms with Gasteiger partial charge in [-0.15, -0.1) is 0 Å². The molecular weight excluding hydrogens is 220 g/mol. The standard InChI is InChI=1S/C8H14N2O4S/c1-3-7(2)10(6-8(11)12)15(13,14)5-4-9/h7H,3,5-6H2,1-2H3,(H,11,12). The van der Waals surface area contributed by atoms with E-state index in [0.29, 0.717) is 6.42 Å². The summed E-state index contributed by atoms with van der Waals surface area (Å²) in [7, 11) is -3.79. The first-order valence-corrected chi connectivity index (χ1v) is 6.04. The van der Waals surface area contributed by atoms with Gasteiger partial charge in [0.2, 0.25) is 10.0 Å². The van der Waals surface area contributed by atoms with Crippen molar-refractivity contribution in [1.29, 1.82) is 5.26 Å². The lowest BCUT2D eigenvalue weighted by Crippen LogP contribution is -2.42. The molecule has 6 nitrogen and oxygen atoms in total. The van der Waals surface area contributed by atoms with Crippen molar-refractivity contribution in [3.63, 3.8) is 0 Å². The predicted octanol–water partition coefficient (Wildman–Crippen LogP) is 0.0249. The molecule has 7 heteroatoms. The van der Waals surface area contributed by atoms with E-state index in [1.807, 2.05) is 0 Å². The molecule has 1 atom stereocenters. The van der Waals surface area contributed by atoms with Crippen molar-refractivity contribution in [1.82, 2.24) is 4.31 Å². The van der Waals surface area contributed by atoms with Gasteiger partial charge in [0.05, 0.1) is 6.07 Å². The van der Waals surface area contributed by atoms with Crippen LogP contribution in [0.5, 0.6) is 0 Å². The van der Waals surface area contributed by atoms with Crippen LogP contribution in [-0.2, 0) is 14.8 Å². The van der Waals surface area contributed by atoms with Crippen LogP contribution in [0.15, 0.2) is 0 Å². The van der Waals surface area contributed by atoms with Crippen molar-refractivity contribution < 1.29 is 18.3 Å². The van der Waals surface area contributed by atoms with Crippen molar-refractivity contribution >= 4 is 16.0 Å². The van der Waals surface area contributed by atoms with E-state index >= 15 is 0 Å². The molecular formula is C8H14N2O4S. The molecule has 1 unspecified atom stereocenters. The number of carbonyl (C=O) groups is 1. The average Bonchev–Trinajstić information content (AvgIpc) is 2.12. The highest BCUT2D eigenvalue weighted by molar-refractivity contribution is 7.89. The maximum Gasteiger partial charge on any atom is 0.318 e. The summed E-state index contributed by atoms with van der Waals surface area (Å²) in [5.74, 6) is -1.92. The molecule has 0 aliphatic heterocycles. The largest absolute Gasteiger partial charge is 0.480 e. The highest BCUT2D eigenvalue weighted by Gasteiger charge is 2.28. The molecule has 0 radical (unpaired) electrons. The zero-order chi connectivity index (χ0) is 12.1. The Kier molecular flexibility index (Phi) is 5.25. The Balaban J connectivity index is 4.94. The second kappa shape index (κ2) is 5.68. The number of nitriles is 1. The van der Waals surface area contributed by atoms with Crippen LogP contribution in [0.4, 0.5) is 0 Å².